The Hall–Kier alpha value is -1.75. The lowest BCUT2D eigenvalue weighted by Gasteiger charge is -1.92. The van der Waals surface area contributed by atoms with Crippen LogP contribution >= 0.6 is 0 Å². The van der Waals surface area contributed by atoms with Crippen LogP contribution in [-0.2, 0) is 13.2 Å². The van der Waals surface area contributed by atoms with Crippen LogP contribution in [0.4, 0.5) is 0 Å². The molecule has 0 atom stereocenters. The van der Waals surface area contributed by atoms with E-state index in [-0.39, 0.29) is 6.61 Å². The lowest BCUT2D eigenvalue weighted by molar-refractivity contribution is 0.243. The van der Waals surface area contributed by atoms with Crippen LogP contribution in [0.1, 0.15) is 11.5 Å². The fraction of sp³-hybridized carbons (Fsp3) is 0.222. The van der Waals surface area contributed by atoms with E-state index in [0.29, 0.717) is 23.9 Å². The molecule has 5 heteroatoms. The highest BCUT2D eigenvalue weighted by Crippen LogP contribution is 2.08. The molecule has 1 heterocycles. The van der Waals surface area contributed by atoms with Crippen molar-refractivity contribution >= 4 is 5.84 Å². The van der Waals surface area contributed by atoms with Gasteiger partial charge in [0, 0.05) is 0 Å². The molecule has 5 N–H and O–H groups in total. The summed E-state index contributed by atoms with van der Waals surface area (Å²) in [4.78, 5) is 3.98. The van der Waals surface area contributed by atoms with Crippen molar-refractivity contribution in [2.45, 2.75) is 13.2 Å². The van der Waals surface area contributed by atoms with Gasteiger partial charge in [-0.1, -0.05) is 0 Å². The summed E-state index contributed by atoms with van der Waals surface area (Å²) in [6.07, 6.45) is 2.82. The Morgan fingerprint density at radius 3 is 2.79 bits per heavy atom. The zero-order valence-corrected chi connectivity index (χ0v) is 7.68. The monoisotopic (exact) mass is 195 g/mol. The lowest BCUT2D eigenvalue weighted by atomic mass is 10.4. The molecule has 0 fully saturated rings. The third kappa shape index (κ3) is 2.95. The molecule has 1 rings (SSSR count). The summed E-state index contributed by atoms with van der Waals surface area (Å²) in [7, 11) is 0. The second kappa shape index (κ2) is 5.08. The van der Waals surface area contributed by atoms with Crippen molar-refractivity contribution in [3.05, 3.63) is 35.9 Å². The van der Waals surface area contributed by atoms with E-state index >= 15 is 0 Å². The van der Waals surface area contributed by atoms with Crippen LogP contribution in [0.2, 0.25) is 0 Å². The summed E-state index contributed by atoms with van der Waals surface area (Å²) in [5, 5.41) is 8.73. The molecule has 0 radical (unpaired) electrons. The van der Waals surface area contributed by atoms with Crippen molar-refractivity contribution in [2.24, 2.45) is 16.5 Å². The highest BCUT2D eigenvalue weighted by atomic mass is 16.4. The summed E-state index contributed by atoms with van der Waals surface area (Å²) >= 11 is 0. The van der Waals surface area contributed by atoms with Gasteiger partial charge in [-0.3, -0.25) is 4.99 Å². The molecule has 0 saturated heterocycles. The highest BCUT2D eigenvalue weighted by molar-refractivity contribution is 5.91. The quantitative estimate of drug-likeness (QED) is 0.469. The first kappa shape index (κ1) is 10.3. The van der Waals surface area contributed by atoms with Crippen molar-refractivity contribution in [1.82, 2.24) is 0 Å². The molecule has 0 aromatic carbocycles. The minimum absolute atomic E-state index is 0.109. The average molecular weight is 195 g/mol. The Morgan fingerprint density at radius 1 is 1.50 bits per heavy atom. The Bertz CT molecular complexity index is 342. The summed E-state index contributed by atoms with van der Waals surface area (Å²) < 4.78 is 5.19. The van der Waals surface area contributed by atoms with E-state index in [1.165, 1.54) is 12.3 Å². The summed E-state index contributed by atoms with van der Waals surface area (Å²) in [6.45, 7) is 0.234. The first-order valence-corrected chi connectivity index (χ1v) is 4.13. The van der Waals surface area contributed by atoms with Crippen LogP contribution in [0.25, 0.3) is 0 Å². The normalized spacial score (nSPS) is 12.5. The van der Waals surface area contributed by atoms with Gasteiger partial charge in [0.2, 0.25) is 0 Å². The molecule has 1 aromatic heterocycles. The van der Waals surface area contributed by atoms with E-state index in [4.69, 9.17) is 21.0 Å². The molecule has 0 aliphatic carbocycles. The zero-order chi connectivity index (χ0) is 10.4. The second-order valence-corrected chi connectivity index (χ2v) is 2.63. The minimum Gasteiger partial charge on any atom is -0.462 e. The number of hydrogen-bond donors (Lipinski definition) is 3. The number of aliphatic imine (C=N–C) groups is 1. The number of aliphatic hydroxyl groups excluding tert-OH is 1. The molecule has 0 unspecified atom stereocenters. The van der Waals surface area contributed by atoms with Gasteiger partial charge in [-0.25, -0.2) is 0 Å². The van der Waals surface area contributed by atoms with Crippen LogP contribution in [0.5, 0.6) is 0 Å². The Kier molecular flexibility index (Phi) is 3.75. The van der Waals surface area contributed by atoms with Crippen molar-refractivity contribution in [3.63, 3.8) is 0 Å². The number of nitrogens with two attached hydrogens (primary N) is 2. The number of aliphatic hydroxyl groups is 1. The van der Waals surface area contributed by atoms with Gasteiger partial charge in [-0.05, 0) is 24.4 Å². The Morgan fingerprint density at radius 2 is 2.21 bits per heavy atom. The number of hydrogen-bond acceptors (Lipinski definition) is 4. The van der Waals surface area contributed by atoms with Gasteiger partial charge in [0.1, 0.15) is 24.0 Å². The van der Waals surface area contributed by atoms with Crippen molar-refractivity contribution in [1.29, 1.82) is 0 Å². The van der Waals surface area contributed by atoms with E-state index in [0.717, 1.165) is 0 Å². The van der Waals surface area contributed by atoms with Gasteiger partial charge < -0.3 is 21.0 Å². The Balaban J connectivity index is 2.56. The van der Waals surface area contributed by atoms with E-state index in [9.17, 15) is 0 Å². The maximum atomic E-state index is 8.73. The largest absolute Gasteiger partial charge is 0.462 e. The summed E-state index contributed by atoms with van der Waals surface area (Å²) in [5.41, 5.74) is 10.6. The topological polar surface area (TPSA) is 97.8 Å². The van der Waals surface area contributed by atoms with Crippen LogP contribution in [0.15, 0.2) is 33.8 Å². The molecule has 76 valence electrons. The summed E-state index contributed by atoms with van der Waals surface area (Å²) in [6, 6.07) is 3.44. The average Bonchev–Trinajstić information content (AvgIpc) is 2.63. The van der Waals surface area contributed by atoms with Crippen LogP contribution in [0.3, 0.4) is 0 Å². The molecule has 0 spiro atoms. The van der Waals surface area contributed by atoms with E-state index < -0.39 is 0 Å². The first-order chi connectivity index (χ1) is 6.76. The van der Waals surface area contributed by atoms with Crippen LogP contribution < -0.4 is 11.5 Å². The predicted molar refractivity (Wildman–Crippen MR) is 53.3 cm³/mol. The second-order valence-electron chi connectivity index (χ2n) is 2.63. The Labute approximate surface area is 81.7 Å². The molecule has 0 saturated carbocycles. The maximum absolute atomic E-state index is 8.73. The zero-order valence-electron chi connectivity index (χ0n) is 7.68. The van der Waals surface area contributed by atoms with E-state index in [2.05, 4.69) is 4.99 Å². The maximum Gasteiger partial charge on any atom is 0.129 e. The molecule has 0 aliphatic rings. The smallest absolute Gasteiger partial charge is 0.129 e. The SMILES string of the molecule is N/C=C\C(N)=NCc1ccc(CO)o1. The number of nitrogens with zero attached hydrogens (tertiary/aromatic N) is 1. The van der Waals surface area contributed by atoms with Crippen LogP contribution in [0, 0.1) is 0 Å². The third-order valence-electron chi connectivity index (χ3n) is 1.56. The van der Waals surface area contributed by atoms with Gasteiger partial charge >= 0.3 is 0 Å². The van der Waals surface area contributed by atoms with Gasteiger partial charge in [0.25, 0.3) is 0 Å². The molecular weight excluding hydrogens is 182 g/mol. The lowest BCUT2D eigenvalue weighted by Crippen LogP contribution is -2.08. The number of amidine groups is 1. The molecule has 0 amide bonds. The molecule has 14 heavy (non-hydrogen) atoms. The first-order valence-electron chi connectivity index (χ1n) is 4.13. The van der Waals surface area contributed by atoms with Crippen molar-refractivity contribution in [3.8, 4) is 0 Å². The number of rotatable bonds is 4. The third-order valence-corrected chi connectivity index (χ3v) is 1.56. The van der Waals surface area contributed by atoms with Gasteiger partial charge in [-0.15, -0.1) is 0 Å². The molecule has 1 aromatic rings. The molecular formula is C9H13N3O2. The fourth-order valence-electron chi connectivity index (χ4n) is 0.913. The van der Waals surface area contributed by atoms with E-state index in [1.54, 1.807) is 12.1 Å². The molecule has 0 bridgehead atoms. The van der Waals surface area contributed by atoms with Gasteiger partial charge in [0.05, 0.1) is 6.54 Å². The van der Waals surface area contributed by atoms with Gasteiger partial charge in [0.15, 0.2) is 0 Å². The van der Waals surface area contributed by atoms with Crippen LogP contribution in [-0.4, -0.2) is 10.9 Å². The number of furan rings is 1. The standard InChI is InChI=1S/C9H13N3O2/c10-4-3-9(11)12-5-7-1-2-8(6-13)14-7/h1-4,13H,5-6,10H2,(H2,11,12)/b4-3-. The molecule has 5 nitrogen and oxygen atoms in total. The van der Waals surface area contributed by atoms with Crippen molar-refractivity contribution in [2.75, 3.05) is 0 Å². The van der Waals surface area contributed by atoms with Crippen molar-refractivity contribution < 1.29 is 9.52 Å². The fourth-order valence-corrected chi connectivity index (χ4v) is 0.913. The summed E-state index contributed by atoms with van der Waals surface area (Å²) in [5.74, 6) is 1.51. The van der Waals surface area contributed by atoms with E-state index in [1.807, 2.05) is 0 Å². The molecule has 0 aliphatic heterocycles. The predicted octanol–water partition coefficient (Wildman–Crippen LogP) is 0.101. The van der Waals surface area contributed by atoms with Gasteiger partial charge in [-0.2, -0.15) is 0 Å². The highest BCUT2D eigenvalue weighted by Gasteiger charge is 1.99. The minimum atomic E-state index is -0.109.